The highest BCUT2D eigenvalue weighted by Crippen LogP contribution is 2.29. The van der Waals surface area contributed by atoms with Gasteiger partial charge in [-0.05, 0) is 45.4 Å². The van der Waals surface area contributed by atoms with E-state index in [0.29, 0.717) is 23.1 Å². The molecule has 0 saturated heterocycles. The Morgan fingerprint density at radius 2 is 1.90 bits per heavy atom. The van der Waals surface area contributed by atoms with Crippen molar-refractivity contribution in [1.29, 1.82) is 0 Å². The second kappa shape index (κ2) is 7.45. The molecule has 1 N–H and O–H groups in total. The van der Waals surface area contributed by atoms with Crippen LogP contribution in [-0.2, 0) is 4.79 Å². The maximum absolute atomic E-state index is 12.2. The first kappa shape index (κ1) is 17.5. The number of likely N-dealkylation sites (N-methyl/N-ethyl adjacent to an activating group) is 1. The molecular weight excluding hydrogens is 338 g/mol. The molecule has 21 heavy (non-hydrogen) atoms. The van der Waals surface area contributed by atoms with Crippen LogP contribution < -0.4 is 4.74 Å². The standard InChI is InChI=1S/C15H20BrNO4/c1-5-17(6-2)14(18)10(4)21-13-9(3)7-11(16)8-12(13)15(19)20/h7-8,10H,5-6H2,1-4H3,(H,19,20). The molecule has 0 aliphatic rings. The summed E-state index contributed by atoms with van der Waals surface area (Å²) >= 11 is 3.26. The maximum Gasteiger partial charge on any atom is 0.339 e. The lowest BCUT2D eigenvalue weighted by Gasteiger charge is -2.24. The molecule has 1 atom stereocenters. The number of carboxylic acids is 1. The molecule has 0 bridgehead atoms. The van der Waals surface area contributed by atoms with Crippen LogP contribution in [0.2, 0.25) is 0 Å². The molecule has 1 amide bonds. The number of halogens is 1. The van der Waals surface area contributed by atoms with E-state index in [2.05, 4.69) is 15.9 Å². The molecule has 6 heteroatoms. The van der Waals surface area contributed by atoms with Gasteiger partial charge in [0.05, 0.1) is 0 Å². The summed E-state index contributed by atoms with van der Waals surface area (Å²) < 4.78 is 6.31. The minimum Gasteiger partial charge on any atom is -0.480 e. The van der Waals surface area contributed by atoms with Crippen LogP contribution in [0.15, 0.2) is 16.6 Å². The molecular formula is C15H20BrNO4. The molecule has 5 nitrogen and oxygen atoms in total. The highest BCUT2D eigenvalue weighted by Gasteiger charge is 2.23. The van der Waals surface area contributed by atoms with Gasteiger partial charge in [0.25, 0.3) is 5.91 Å². The molecule has 0 heterocycles. The van der Waals surface area contributed by atoms with Crippen molar-refractivity contribution in [3.8, 4) is 5.75 Å². The fourth-order valence-corrected chi connectivity index (χ4v) is 2.64. The van der Waals surface area contributed by atoms with Crippen LogP contribution in [0, 0.1) is 6.92 Å². The minimum atomic E-state index is -1.09. The average Bonchev–Trinajstić information content (AvgIpc) is 2.42. The Morgan fingerprint density at radius 3 is 2.38 bits per heavy atom. The molecule has 0 radical (unpaired) electrons. The second-order valence-corrected chi connectivity index (χ2v) is 5.59. The van der Waals surface area contributed by atoms with Gasteiger partial charge < -0.3 is 14.7 Å². The lowest BCUT2D eigenvalue weighted by Crippen LogP contribution is -2.40. The number of aryl methyl sites for hydroxylation is 1. The summed E-state index contributed by atoms with van der Waals surface area (Å²) in [7, 11) is 0. The number of carbonyl (C=O) groups is 2. The maximum atomic E-state index is 12.2. The molecule has 0 spiro atoms. The third-order valence-electron chi connectivity index (χ3n) is 3.19. The van der Waals surface area contributed by atoms with E-state index in [1.54, 1.807) is 24.8 Å². The highest BCUT2D eigenvalue weighted by molar-refractivity contribution is 9.10. The quantitative estimate of drug-likeness (QED) is 0.849. The van der Waals surface area contributed by atoms with Crippen molar-refractivity contribution in [1.82, 2.24) is 4.90 Å². The first-order valence-electron chi connectivity index (χ1n) is 6.80. The van der Waals surface area contributed by atoms with E-state index in [1.165, 1.54) is 6.07 Å². The SMILES string of the molecule is CCN(CC)C(=O)C(C)Oc1c(C)cc(Br)cc1C(=O)O. The lowest BCUT2D eigenvalue weighted by atomic mass is 10.1. The summed E-state index contributed by atoms with van der Waals surface area (Å²) in [6.45, 7) is 8.35. The van der Waals surface area contributed by atoms with Gasteiger partial charge in [-0.2, -0.15) is 0 Å². The molecule has 116 valence electrons. The highest BCUT2D eigenvalue weighted by atomic mass is 79.9. The fourth-order valence-electron chi connectivity index (χ4n) is 2.06. The Labute approximate surface area is 133 Å². The van der Waals surface area contributed by atoms with Gasteiger partial charge in [-0.3, -0.25) is 4.79 Å². The Bertz CT molecular complexity index is 541. The summed E-state index contributed by atoms with van der Waals surface area (Å²) in [5.74, 6) is -1.01. The van der Waals surface area contributed by atoms with Crippen LogP contribution in [-0.4, -0.2) is 41.1 Å². The minimum absolute atomic E-state index is 0.0427. The van der Waals surface area contributed by atoms with E-state index in [0.717, 1.165) is 0 Å². The zero-order valence-electron chi connectivity index (χ0n) is 12.6. The lowest BCUT2D eigenvalue weighted by molar-refractivity contribution is -0.137. The topological polar surface area (TPSA) is 66.8 Å². The van der Waals surface area contributed by atoms with Gasteiger partial charge in [0.1, 0.15) is 11.3 Å². The van der Waals surface area contributed by atoms with Crippen molar-refractivity contribution in [3.63, 3.8) is 0 Å². The van der Waals surface area contributed by atoms with Crippen molar-refractivity contribution in [2.45, 2.75) is 33.8 Å². The Morgan fingerprint density at radius 1 is 1.33 bits per heavy atom. The molecule has 0 saturated carbocycles. The first-order chi connectivity index (χ1) is 9.81. The van der Waals surface area contributed by atoms with E-state index >= 15 is 0 Å². The summed E-state index contributed by atoms with van der Waals surface area (Å²) in [5.41, 5.74) is 0.710. The molecule has 1 unspecified atom stereocenters. The van der Waals surface area contributed by atoms with Gasteiger partial charge in [-0.25, -0.2) is 4.79 Å². The Balaban J connectivity index is 3.07. The monoisotopic (exact) mass is 357 g/mol. The smallest absolute Gasteiger partial charge is 0.339 e. The number of rotatable bonds is 6. The molecule has 1 aromatic carbocycles. The summed E-state index contributed by atoms with van der Waals surface area (Å²) in [6, 6.07) is 3.23. The van der Waals surface area contributed by atoms with Crippen LogP contribution in [0.3, 0.4) is 0 Å². The van der Waals surface area contributed by atoms with Gasteiger partial charge in [0, 0.05) is 17.6 Å². The number of aromatic carboxylic acids is 1. The summed E-state index contributed by atoms with van der Waals surface area (Å²) in [4.78, 5) is 25.2. The predicted molar refractivity (Wildman–Crippen MR) is 83.9 cm³/mol. The Kier molecular flexibility index (Phi) is 6.20. The normalized spacial score (nSPS) is 11.9. The molecule has 0 aliphatic carbocycles. The van der Waals surface area contributed by atoms with E-state index in [9.17, 15) is 14.7 Å². The number of benzene rings is 1. The van der Waals surface area contributed by atoms with Gasteiger partial charge in [-0.15, -0.1) is 0 Å². The molecule has 0 aromatic heterocycles. The third kappa shape index (κ3) is 4.20. The number of amides is 1. The van der Waals surface area contributed by atoms with Gasteiger partial charge >= 0.3 is 5.97 Å². The summed E-state index contributed by atoms with van der Waals surface area (Å²) in [5, 5.41) is 9.27. The zero-order chi connectivity index (χ0) is 16.2. The number of carboxylic acid groups (broad SMARTS) is 1. The number of ether oxygens (including phenoxy) is 1. The van der Waals surface area contributed by atoms with Crippen molar-refractivity contribution in [2.24, 2.45) is 0 Å². The average molecular weight is 358 g/mol. The number of carbonyl (C=O) groups excluding carboxylic acids is 1. The van der Waals surface area contributed by atoms with Crippen LogP contribution in [0.4, 0.5) is 0 Å². The van der Waals surface area contributed by atoms with E-state index in [4.69, 9.17) is 4.74 Å². The van der Waals surface area contributed by atoms with Crippen molar-refractivity contribution >= 4 is 27.8 Å². The Hall–Kier alpha value is -1.56. The zero-order valence-corrected chi connectivity index (χ0v) is 14.2. The molecule has 1 rings (SSSR count). The van der Waals surface area contributed by atoms with Gasteiger partial charge in [0.15, 0.2) is 6.10 Å². The van der Waals surface area contributed by atoms with Crippen LogP contribution in [0.25, 0.3) is 0 Å². The van der Waals surface area contributed by atoms with Crippen molar-refractivity contribution in [3.05, 3.63) is 27.7 Å². The van der Waals surface area contributed by atoms with Crippen LogP contribution in [0.5, 0.6) is 5.75 Å². The second-order valence-electron chi connectivity index (χ2n) is 4.68. The van der Waals surface area contributed by atoms with Gasteiger partial charge in [-0.1, -0.05) is 15.9 Å². The predicted octanol–water partition coefficient (Wildman–Crippen LogP) is 3.09. The van der Waals surface area contributed by atoms with Crippen LogP contribution in [0.1, 0.15) is 36.7 Å². The van der Waals surface area contributed by atoms with E-state index in [1.807, 2.05) is 13.8 Å². The van der Waals surface area contributed by atoms with Crippen molar-refractivity contribution in [2.75, 3.05) is 13.1 Å². The first-order valence-corrected chi connectivity index (χ1v) is 7.59. The molecule has 1 aromatic rings. The van der Waals surface area contributed by atoms with Crippen molar-refractivity contribution < 1.29 is 19.4 Å². The third-order valence-corrected chi connectivity index (χ3v) is 3.65. The van der Waals surface area contributed by atoms with E-state index in [-0.39, 0.29) is 17.2 Å². The van der Waals surface area contributed by atoms with E-state index < -0.39 is 12.1 Å². The largest absolute Gasteiger partial charge is 0.480 e. The number of hydrogen-bond acceptors (Lipinski definition) is 3. The molecule has 0 fully saturated rings. The molecule has 0 aliphatic heterocycles. The van der Waals surface area contributed by atoms with Crippen LogP contribution >= 0.6 is 15.9 Å². The number of nitrogens with zero attached hydrogens (tertiary/aromatic N) is 1. The summed E-state index contributed by atoms with van der Waals surface area (Å²) in [6.07, 6.45) is -0.733. The number of hydrogen-bond donors (Lipinski definition) is 1. The van der Waals surface area contributed by atoms with Gasteiger partial charge in [0.2, 0.25) is 0 Å². The fraction of sp³-hybridized carbons (Fsp3) is 0.467.